The van der Waals surface area contributed by atoms with Crippen LogP contribution in [0.3, 0.4) is 0 Å². The van der Waals surface area contributed by atoms with E-state index >= 15 is 0 Å². The molecule has 2 rings (SSSR count). The highest BCUT2D eigenvalue weighted by atomic mass is 14.6. The Kier molecular flexibility index (Phi) is 2.80. The van der Waals surface area contributed by atoms with Gasteiger partial charge < -0.3 is 0 Å². The van der Waals surface area contributed by atoms with Gasteiger partial charge in [0.2, 0.25) is 0 Å². The Hall–Kier alpha value is -2.07. The van der Waals surface area contributed by atoms with Crippen LogP contribution < -0.4 is 0 Å². The average molecular weight is 193 g/mol. The van der Waals surface area contributed by atoms with E-state index in [-0.39, 0.29) is 0 Å². The smallest absolute Gasteiger partial charge is 0.0309 e. The topological polar surface area (TPSA) is 12.9 Å². The Labute approximate surface area is 89.8 Å². The zero-order valence-electron chi connectivity index (χ0n) is 8.57. The maximum Gasteiger partial charge on any atom is 0.0309 e. The van der Waals surface area contributed by atoms with Crippen LogP contribution in [0.25, 0.3) is 0 Å². The Morgan fingerprint density at radius 2 is 1.80 bits per heavy atom. The summed E-state index contributed by atoms with van der Waals surface area (Å²) in [5, 5.41) is 0. The molecule has 0 amide bonds. The molecular weight excluding hydrogens is 182 g/mol. The lowest BCUT2D eigenvalue weighted by molar-refractivity contribution is 1.25. The molecule has 0 spiro atoms. The van der Waals surface area contributed by atoms with Crippen molar-refractivity contribution in [3.63, 3.8) is 0 Å². The maximum absolute atomic E-state index is 4.03. The summed E-state index contributed by atoms with van der Waals surface area (Å²) in [5.74, 6) is 6.26. The Morgan fingerprint density at radius 3 is 2.53 bits per heavy atom. The van der Waals surface area contributed by atoms with Crippen molar-refractivity contribution in [1.82, 2.24) is 4.98 Å². The highest BCUT2D eigenvalue weighted by Gasteiger charge is 1.91. The molecule has 0 bridgehead atoms. The molecule has 0 aliphatic carbocycles. The molecule has 0 saturated heterocycles. The molecule has 0 fully saturated rings. The quantitative estimate of drug-likeness (QED) is 0.586. The standard InChI is InChI=1S/C14H11N/c1-12-11-15-10-9-14(12)8-7-13-5-3-2-4-6-13/h2-6,9-11H,1H3. The monoisotopic (exact) mass is 193 g/mol. The van der Waals surface area contributed by atoms with E-state index in [1.54, 1.807) is 6.20 Å². The highest BCUT2D eigenvalue weighted by Crippen LogP contribution is 2.03. The van der Waals surface area contributed by atoms with Gasteiger partial charge in [-0.25, -0.2) is 0 Å². The summed E-state index contributed by atoms with van der Waals surface area (Å²) in [6.07, 6.45) is 3.59. The summed E-state index contributed by atoms with van der Waals surface area (Å²) in [5.41, 5.74) is 3.18. The normalized spacial score (nSPS) is 9.13. The van der Waals surface area contributed by atoms with Crippen LogP contribution in [0.5, 0.6) is 0 Å². The number of aromatic nitrogens is 1. The van der Waals surface area contributed by atoms with Crippen molar-refractivity contribution in [2.75, 3.05) is 0 Å². The molecule has 0 unspecified atom stereocenters. The van der Waals surface area contributed by atoms with E-state index in [1.165, 1.54) is 0 Å². The molecule has 1 aromatic carbocycles. The molecule has 1 heteroatoms. The second-order valence-electron chi connectivity index (χ2n) is 3.31. The van der Waals surface area contributed by atoms with E-state index in [4.69, 9.17) is 0 Å². The maximum atomic E-state index is 4.03. The minimum absolute atomic E-state index is 1.04. The van der Waals surface area contributed by atoms with Crippen LogP contribution in [-0.4, -0.2) is 4.98 Å². The third kappa shape index (κ3) is 2.45. The molecule has 0 saturated carbocycles. The fraction of sp³-hybridized carbons (Fsp3) is 0.0714. The number of benzene rings is 1. The molecule has 0 radical (unpaired) electrons. The average Bonchev–Trinajstić information content (AvgIpc) is 2.29. The van der Waals surface area contributed by atoms with Crippen LogP contribution in [0.15, 0.2) is 48.8 Å². The highest BCUT2D eigenvalue weighted by molar-refractivity contribution is 5.44. The van der Waals surface area contributed by atoms with Crippen molar-refractivity contribution in [2.24, 2.45) is 0 Å². The van der Waals surface area contributed by atoms with Crippen LogP contribution >= 0.6 is 0 Å². The number of pyridine rings is 1. The van der Waals surface area contributed by atoms with Crippen molar-refractivity contribution in [3.05, 3.63) is 65.5 Å². The first kappa shape index (κ1) is 9.48. The molecule has 15 heavy (non-hydrogen) atoms. The van der Waals surface area contributed by atoms with Gasteiger partial charge in [0.05, 0.1) is 0 Å². The number of aryl methyl sites for hydroxylation is 1. The summed E-state index contributed by atoms with van der Waals surface area (Å²) in [6, 6.07) is 11.9. The number of hydrogen-bond donors (Lipinski definition) is 0. The molecule has 1 heterocycles. The van der Waals surface area contributed by atoms with Crippen LogP contribution in [-0.2, 0) is 0 Å². The first-order chi connectivity index (χ1) is 7.36. The van der Waals surface area contributed by atoms with Crippen LogP contribution in [0.2, 0.25) is 0 Å². The predicted molar refractivity (Wildman–Crippen MR) is 61.4 cm³/mol. The van der Waals surface area contributed by atoms with Gasteiger partial charge in [-0.3, -0.25) is 4.98 Å². The van der Waals surface area contributed by atoms with Gasteiger partial charge in [0.1, 0.15) is 0 Å². The molecule has 0 aliphatic heterocycles. The van der Waals surface area contributed by atoms with Gasteiger partial charge in [0.25, 0.3) is 0 Å². The summed E-state index contributed by atoms with van der Waals surface area (Å²) in [6.45, 7) is 2.02. The fourth-order valence-corrected chi connectivity index (χ4v) is 1.27. The third-order valence-electron chi connectivity index (χ3n) is 2.14. The second-order valence-corrected chi connectivity index (χ2v) is 3.31. The number of nitrogens with zero attached hydrogens (tertiary/aromatic N) is 1. The van der Waals surface area contributed by atoms with Crippen molar-refractivity contribution >= 4 is 0 Å². The Bertz CT molecular complexity index is 504. The van der Waals surface area contributed by atoms with E-state index in [9.17, 15) is 0 Å². The Balaban J connectivity index is 2.31. The summed E-state index contributed by atoms with van der Waals surface area (Å²) < 4.78 is 0. The van der Waals surface area contributed by atoms with E-state index < -0.39 is 0 Å². The van der Waals surface area contributed by atoms with Gasteiger partial charge in [-0.2, -0.15) is 0 Å². The molecule has 1 aromatic heterocycles. The van der Waals surface area contributed by atoms with Crippen LogP contribution in [0.4, 0.5) is 0 Å². The predicted octanol–water partition coefficient (Wildman–Crippen LogP) is 2.79. The van der Waals surface area contributed by atoms with E-state index in [0.29, 0.717) is 0 Å². The lowest BCUT2D eigenvalue weighted by Crippen LogP contribution is -1.82. The van der Waals surface area contributed by atoms with Gasteiger partial charge in [-0.15, -0.1) is 0 Å². The Morgan fingerprint density at radius 1 is 1.00 bits per heavy atom. The van der Waals surface area contributed by atoms with Gasteiger partial charge in [0.15, 0.2) is 0 Å². The molecular formula is C14H11N. The summed E-state index contributed by atoms with van der Waals surface area (Å²) in [7, 11) is 0. The molecule has 72 valence electrons. The zero-order chi connectivity index (χ0) is 10.5. The largest absolute Gasteiger partial charge is 0.264 e. The molecule has 0 atom stereocenters. The van der Waals surface area contributed by atoms with Crippen LogP contribution in [0, 0.1) is 18.8 Å². The first-order valence-electron chi connectivity index (χ1n) is 4.84. The van der Waals surface area contributed by atoms with Crippen LogP contribution in [0.1, 0.15) is 16.7 Å². The first-order valence-corrected chi connectivity index (χ1v) is 4.84. The molecule has 0 aliphatic rings. The van der Waals surface area contributed by atoms with Gasteiger partial charge >= 0.3 is 0 Å². The molecule has 1 nitrogen and oxygen atoms in total. The van der Waals surface area contributed by atoms with Crippen molar-refractivity contribution in [1.29, 1.82) is 0 Å². The summed E-state index contributed by atoms with van der Waals surface area (Å²) >= 11 is 0. The molecule has 2 aromatic rings. The van der Waals surface area contributed by atoms with Crippen molar-refractivity contribution < 1.29 is 0 Å². The van der Waals surface area contributed by atoms with Gasteiger partial charge in [-0.1, -0.05) is 30.0 Å². The third-order valence-corrected chi connectivity index (χ3v) is 2.14. The minimum atomic E-state index is 1.04. The molecule has 0 N–H and O–H groups in total. The van der Waals surface area contributed by atoms with Crippen molar-refractivity contribution in [3.8, 4) is 11.8 Å². The van der Waals surface area contributed by atoms with E-state index in [2.05, 4.69) is 16.8 Å². The van der Waals surface area contributed by atoms with E-state index in [1.807, 2.05) is 49.5 Å². The lowest BCUT2D eigenvalue weighted by Gasteiger charge is -1.94. The number of hydrogen-bond acceptors (Lipinski definition) is 1. The fourth-order valence-electron chi connectivity index (χ4n) is 1.27. The zero-order valence-corrected chi connectivity index (χ0v) is 8.57. The SMILES string of the molecule is Cc1cnccc1C#Cc1ccccc1. The number of rotatable bonds is 0. The second kappa shape index (κ2) is 4.43. The van der Waals surface area contributed by atoms with E-state index in [0.717, 1.165) is 16.7 Å². The van der Waals surface area contributed by atoms with Gasteiger partial charge in [0, 0.05) is 23.5 Å². The van der Waals surface area contributed by atoms with Gasteiger partial charge in [-0.05, 0) is 30.7 Å². The summed E-state index contributed by atoms with van der Waals surface area (Å²) in [4.78, 5) is 4.03. The lowest BCUT2D eigenvalue weighted by atomic mass is 10.1. The minimum Gasteiger partial charge on any atom is -0.264 e. The van der Waals surface area contributed by atoms with Crippen molar-refractivity contribution in [2.45, 2.75) is 6.92 Å².